The van der Waals surface area contributed by atoms with Crippen molar-refractivity contribution in [3.8, 4) is 0 Å². The third kappa shape index (κ3) is 3.64. The molecular formula is C15H24N2O4. The summed E-state index contributed by atoms with van der Waals surface area (Å²) in [5.41, 5.74) is 6.04. The van der Waals surface area contributed by atoms with Crippen LogP contribution in [-0.4, -0.2) is 48.3 Å². The molecule has 2 rings (SSSR count). The molecule has 1 saturated heterocycles. The van der Waals surface area contributed by atoms with Gasteiger partial charge in [0.1, 0.15) is 5.76 Å². The molecule has 0 spiro atoms. The van der Waals surface area contributed by atoms with Crippen molar-refractivity contribution in [1.29, 1.82) is 0 Å². The molecular weight excluding hydrogens is 272 g/mol. The Labute approximate surface area is 124 Å². The topological polar surface area (TPSA) is 88.9 Å². The van der Waals surface area contributed by atoms with Crippen LogP contribution < -0.4 is 5.73 Å². The molecule has 6 nitrogen and oxygen atoms in total. The lowest BCUT2D eigenvalue weighted by Crippen LogP contribution is -2.47. The Kier molecular flexibility index (Phi) is 4.70. The smallest absolute Gasteiger partial charge is 0.284 e. The summed E-state index contributed by atoms with van der Waals surface area (Å²) in [7, 11) is 0. The number of aliphatic hydroxyl groups excluding tert-OH is 1. The van der Waals surface area contributed by atoms with Gasteiger partial charge in [0.2, 0.25) is 0 Å². The van der Waals surface area contributed by atoms with Crippen molar-refractivity contribution in [1.82, 2.24) is 4.90 Å². The van der Waals surface area contributed by atoms with Gasteiger partial charge in [0.25, 0.3) is 5.91 Å². The van der Waals surface area contributed by atoms with Gasteiger partial charge in [-0.2, -0.15) is 0 Å². The minimum Gasteiger partial charge on any atom is -0.455 e. The van der Waals surface area contributed by atoms with E-state index in [0.29, 0.717) is 19.8 Å². The maximum atomic E-state index is 11.4. The van der Waals surface area contributed by atoms with Gasteiger partial charge in [0, 0.05) is 24.1 Å². The quantitative estimate of drug-likeness (QED) is 0.860. The minimum atomic E-state index is -0.563. The molecule has 6 heteroatoms. The summed E-state index contributed by atoms with van der Waals surface area (Å²) in [4.78, 5) is 13.5. The molecule has 0 saturated carbocycles. The number of hydrogen-bond acceptors (Lipinski definition) is 5. The Morgan fingerprint density at radius 2 is 2.24 bits per heavy atom. The molecule has 1 fully saturated rings. The molecule has 0 bridgehead atoms. The van der Waals surface area contributed by atoms with Gasteiger partial charge in [-0.05, 0) is 6.07 Å². The Morgan fingerprint density at radius 1 is 1.52 bits per heavy atom. The number of aliphatic hydroxyl groups is 1. The average molecular weight is 296 g/mol. The predicted molar refractivity (Wildman–Crippen MR) is 78.0 cm³/mol. The number of morpholine rings is 1. The highest BCUT2D eigenvalue weighted by molar-refractivity contribution is 5.90. The monoisotopic (exact) mass is 296 g/mol. The maximum absolute atomic E-state index is 11.4. The molecule has 0 aromatic carbocycles. The minimum absolute atomic E-state index is 0.0292. The van der Waals surface area contributed by atoms with Crippen LogP contribution in [0.2, 0.25) is 0 Å². The number of rotatable bonds is 4. The van der Waals surface area contributed by atoms with Crippen LogP contribution in [0.3, 0.4) is 0 Å². The lowest BCUT2D eigenvalue weighted by atomic mass is 9.90. The predicted octanol–water partition coefficient (Wildman–Crippen LogP) is 0.869. The van der Waals surface area contributed by atoms with E-state index in [4.69, 9.17) is 14.9 Å². The molecule has 1 aliphatic heterocycles. The van der Waals surface area contributed by atoms with E-state index < -0.39 is 5.91 Å². The normalized spacial score (nSPS) is 20.7. The fourth-order valence-electron chi connectivity index (χ4n) is 2.59. The van der Waals surface area contributed by atoms with Crippen molar-refractivity contribution < 1.29 is 19.1 Å². The molecule has 1 atom stereocenters. The van der Waals surface area contributed by atoms with Crippen LogP contribution in [0.4, 0.5) is 0 Å². The number of furan rings is 1. The summed E-state index contributed by atoms with van der Waals surface area (Å²) < 4.78 is 11.0. The van der Waals surface area contributed by atoms with Gasteiger partial charge in [0.05, 0.1) is 25.9 Å². The van der Waals surface area contributed by atoms with E-state index in [9.17, 15) is 9.90 Å². The first-order valence-electron chi connectivity index (χ1n) is 7.18. The Bertz CT molecular complexity index is 504. The van der Waals surface area contributed by atoms with Crippen LogP contribution in [0.1, 0.15) is 42.6 Å². The first-order chi connectivity index (χ1) is 9.82. The molecule has 3 N–H and O–H groups in total. The fraction of sp³-hybridized carbons (Fsp3) is 0.667. The zero-order chi connectivity index (χ0) is 15.6. The number of hydrogen-bond donors (Lipinski definition) is 2. The first kappa shape index (κ1) is 16.0. The molecule has 1 aromatic heterocycles. The highest BCUT2D eigenvalue weighted by Gasteiger charge is 2.29. The second kappa shape index (κ2) is 6.17. The van der Waals surface area contributed by atoms with E-state index in [-0.39, 0.29) is 23.8 Å². The first-order valence-corrected chi connectivity index (χ1v) is 7.18. The molecule has 0 aliphatic carbocycles. The molecule has 0 unspecified atom stereocenters. The highest BCUT2D eigenvalue weighted by atomic mass is 16.5. The Balaban J connectivity index is 2.27. The summed E-state index contributed by atoms with van der Waals surface area (Å²) in [5.74, 6) is 0.385. The van der Waals surface area contributed by atoms with Crippen molar-refractivity contribution in [3.63, 3.8) is 0 Å². The zero-order valence-corrected chi connectivity index (χ0v) is 12.9. The maximum Gasteiger partial charge on any atom is 0.284 e. The van der Waals surface area contributed by atoms with E-state index in [1.165, 1.54) is 0 Å². The van der Waals surface area contributed by atoms with Gasteiger partial charge in [0.15, 0.2) is 5.76 Å². The Hall–Kier alpha value is -1.37. The molecule has 118 valence electrons. The van der Waals surface area contributed by atoms with Crippen LogP contribution >= 0.6 is 0 Å². The second-order valence-electron chi connectivity index (χ2n) is 6.46. The standard InChI is InChI=1S/C15H24N2O4/c1-15(2,3)13-10(6-12(21-13)14(16)19)7-17-4-5-20-9-11(17)8-18/h6,11,18H,4-5,7-9H2,1-3H3,(H2,16,19)/t11-/m0/s1. The molecule has 0 radical (unpaired) electrons. The van der Waals surface area contributed by atoms with Gasteiger partial charge in [-0.3, -0.25) is 9.69 Å². The van der Waals surface area contributed by atoms with E-state index in [1.807, 2.05) is 20.8 Å². The van der Waals surface area contributed by atoms with Crippen molar-refractivity contribution in [2.45, 2.75) is 38.8 Å². The van der Waals surface area contributed by atoms with E-state index in [1.54, 1.807) is 6.07 Å². The summed E-state index contributed by atoms with van der Waals surface area (Å²) in [6, 6.07) is 1.69. The van der Waals surface area contributed by atoms with Crippen LogP contribution in [0.15, 0.2) is 10.5 Å². The van der Waals surface area contributed by atoms with Gasteiger partial charge in [-0.1, -0.05) is 20.8 Å². The average Bonchev–Trinajstić information content (AvgIpc) is 2.83. The van der Waals surface area contributed by atoms with E-state index >= 15 is 0 Å². The summed E-state index contributed by atoms with van der Waals surface area (Å²) in [5, 5.41) is 9.44. The van der Waals surface area contributed by atoms with Crippen LogP contribution in [0.25, 0.3) is 0 Å². The number of carbonyl (C=O) groups is 1. The van der Waals surface area contributed by atoms with Crippen molar-refractivity contribution in [2.75, 3.05) is 26.4 Å². The lowest BCUT2D eigenvalue weighted by Gasteiger charge is -2.34. The van der Waals surface area contributed by atoms with E-state index in [2.05, 4.69) is 4.90 Å². The van der Waals surface area contributed by atoms with Gasteiger partial charge in [-0.25, -0.2) is 0 Å². The lowest BCUT2D eigenvalue weighted by molar-refractivity contribution is -0.0315. The van der Waals surface area contributed by atoms with Gasteiger partial charge in [-0.15, -0.1) is 0 Å². The highest BCUT2D eigenvalue weighted by Crippen LogP contribution is 2.30. The third-order valence-corrected chi connectivity index (χ3v) is 3.67. The van der Waals surface area contributed by atoms with E-state index in [0.717, 1.165) is 17.9 Å². The number of nitrogens with zero attached hydrogens (tertiary/aromatic N) is 1. The van der Waals surface area contributed by atoms with Crippen molar-refractivity contribution in [3.05, 3.63) is 23.2 Å². The number of primary amides is 1. The molecule has 1 amide bonds. The number of carbonyl (C=O) groups excluding carboxylic acids is 1. The largest absolute Gasteiger partial charge is 0.455 e. The van der Waals surface area contributed by atoms with Gasteiger partial charge >= 0.3 is 0 Å². The summed E-state index contributed by atoms with van der Waals surface area (Å²) >= 11 is 0. The fourth-order valence-corrected chi connectivity index (χ4v) is 2.59. The van der Waals surface area contributed by atoms with Gasteiger partial charge < -0.3 is 20.0 Å². The summed E-state index contributed by atoms with van der Waals surface area (Å²) in [6.07, 6.45) is 0. The van der Waals surface area contributed by atoms with Crippen molar-refractivity contribution >= 4 is 5.91 Å². The summed E-state index contributed by atoms with van der Waals surface area (Å²) in [6.45, 7) is 8.65. The molecule has 1 aliphatic rings. The third-order valence-electron chi connectivity index (χ3n) is 3.67. The SMILES string of the molecule is CC(C)(C)c1oc(C(N)=O)cc1CN1CCOC[C@@H]1CO. The molecule has 2 heterocycles. The second-order valence-corrected chi connectivity index (χ2v) is 6.46. The number of amides is 1. The zero-order valence-electron chi connectivity index (χ0n) is 12.9. The number of nitrogens with two attached hydrogens (primary N) is 1. The Morgan fingerprint density at radius 3 is 2.81 bits per heavy atom. The molecule has 21 heavy (non-hydrogen) atoms. The van der Waals surface area contributed by atoms with Crippen molar-refractivity contribution in [2.24, 2.45) is 5.73 Å². The molecule has 1 aromatic rings. The van der Waals surface area contributed by atoms with Crippen LogP contribution in [-0.2, 0) is 16.7 Å². The van der Waals surface area contributed by atoms with Crippen LogP contribution in [0.5, 0.6) is 0 Å². The van der Waals surface area contributed by atoms with Crippen LogP contribution in [0, 0.1) is 0 Å². The number of ether oxygens (including phenoxy) is 1.